The van der Waals surface area contributed by atoms with E-state index in [2.05, 4.69) is 4.90 Å². The SMILES string of the molecule is CCN(CC)c1ccc(CN(CC(C)C)C(=O)c2ccccc2F)c(OS(=O)(=O)CC)c1. The molecule has 0 saturated heterocycles. The molecule has 8 heteroatoms. The number of hydrogen-bond donors (Lipinski definition) is 0. The molecule has 0 radical (unpaired) electrons. The highest BCUT2D eigenvalue weighted by Crippen LogP contribution is 2.29. The quantitative estimate of drug-likeness (QED) is 0.451. The summed E-state index contributed by atoms with van der Waals surface area (Å²) in [5, 5.41) is 0. The second-order valence-corrected chi connectivity index (χ2v) is 9.81. The molecule has 0 aliphatic rings. The maximum Gasteiger partial charge on any atom is 0.308 e. The monoisotopic (exact) mass is 464 g/mol. The van der Waals surface area contributed by atoms with Gasteiger partial charge in [-0.3, -0.25) is 4.79 Å². The molecule has 2 aromatic carbocycles. The molecule has 0 aliphatic heterocycles. The summed E-state index contributed by atoms with van der Waals surface area (Å²) in [5.74, 6) is -0.899. The van der Waals surface area contributed by atoms with Gasteiger partial charge in [-0.2, -0.15) is 8.42 Å². The average molecular weight is 465 g/mol. The number of halogens is 1. The predicted molar refractivity (Wildman–Crippen MR) is 126 cm³/mol. The Morgan fingerprint density at radius 2 is 1.72 bits per heavy atom. The van der Waals surface area contributed by atoms with Crippen LogP contribution in [0.2, 0.25) is 0 Å². The fourth-order valence-electron chi connectivity index (χ4n) is 3.40. The predicted octanol–water partition coefficient (Wildman–Crippen LogP) is 4.70. The smallest absolute Gasteiger partial charge is 0.308 e. The van der Waals surface area contributed by atoms with Gasteiger partial charge in [0, 0.05) is 43.5 Å². The third-order valence-corrected chi connectivity index (χ3v) is 6.23. The number of benzene rings is 2. The molecule has 0 aliphatic carbocycles. The highest BCUT2D eigenvalue weighted by atomic mass is 32.2. The molecule has 176 valence electrons. The Kier molecular flexibility index (Phi) is 9.07. The van der Waals surface area contributed by atoms with Gasteiger partial charge in [-0.15, -0.1) is 0 Å². The van der Waals surface area contributed by atoms with Crippen LogP contribution in [0.15, 0.2) is 42.5 Å². The Bertz CT molecular complexity index is 1020. The summed E-state index contributed by atoms with van der Waals surface area (Å²) in [6, 6.07) is 11.2. The van der Waals surface area contributed by atoms with Gasteiger partial charge in [0.25, 0.3) is 5.91 Å². The van der Waals surface area contributed by atoms with Crippen molar-refractivity contribution >= 4 is 21.7 Å². The molecule has 0 bridgehead atoms. The van der Waals surface area contributed by atoms with E-state index in [-0.39, 0.29) is 29.5 Å². The highest BCUT2D eigenvalue weighted by molar-refractivity contribution is 7.87. The van der Waals surface area contributed by atoms with Gasteiger partial charge in [0.1, 0.15) is 11.6 Å². The van der Waals surface area contributed by atoms with Crippen LogP contribution in [0, 0.1) is 11.7 Å². The molecule has 0 aromatic heterocycles. The van der Waals surface area contributed by atoms with Gasteiger partial charge in [-0.05, 0) is 44.9 Å². The maximum absolute atomic E-state index is 14.3. The van der Waals surface area contributed by atoms with Gasteiger partial charge < -0.3 is 14.0 Å². The van der Waals surface area contributed by atoms with Crippen LogP contribution in [0.1, 0.15) is 50.5 Å². The molecule has 32 heavy (non-hydrogen) atoms. The highest BCUT2D eigenvalue weighted by Gasteiger charge is 2.23. The number of carbonyl (C=O) groups excluding carboxylic acids is 1. The average Bonchev–Trinajstić information content (AvgIpc) is 2.75. The molecule has 0 saturated carbocycles. The van der Waals surface area contributed by atoms with Crippen LogP contribution >= 0.6 is 0 Å². The molecule has 0 atom stereocenters. The minimum Gasteiger partial charge on any atom is -0.382 e. The summed E-state index contributed by atoms with van der Waals surface area (Å²) < 4.78 is 44.2. The number of amides is 1. The van der Waals surface area contributed by atoms with Crippen LogP contribution in [-0.2, 0) is 16.7 Å². The van der Waals surface area contributed by atoms with E-state index < -0.39 is 21.8 Å². The van der Waals surface area contributed by atoms with Crippen LogP contribution in [0.3, 0.4) is 0 Å². The summed E-state index contributed by atoms with van der Waals surface area (Å²) in [5.41, 5.74) is 1.36. The summed E-state index contributed by atoms with van der Waals surface area (Å²) in [7, 11) is -3.77. The zero-order valence-electron chi connectivity index (χ0n) is 19.5. The van der Waals surface area contributed by atoms with Crippen molar-refractivity contribution in [2.24, 2.45) is 5.92 Å². The molecular formula is C24H33FN2O4S. The maximum atomic E-state index is 14.3. The Balaban J connectivity index is 2.49. The second-order valence-electron chi connectivity index (χ2n) is 7.95. The lowest BCUT2D eigenvalue weighted by molar-refractivity contribution is 0.0717. The van der Waals surface area contributed by atoms with Crippen molar-refractivity contribution in [2.45, 2.75) is 41.2 Å². The normalized spacial score (nSPS) is 11.5. The van der Waals surface area contributed by atoms with E-state index in [0.717, 1.165) is 18.8 Å². The molecule has 0 N–H and O–H groups in total. The lowest BCUT2D eigenvalue weighted by Gasteiger charge is -2.27. The van der Waals surface area contributed by atoms with Crippen molar-refractivity contribution in [3.8, 4) is 5.75 Å². The van der Waals surface area contributed by atoms with Crippen LogP contribution in [-0.4, -0.2) is 44.6 Å². The van der Waals surface area contributed by atoms with Crippen LogP contribution in [0.25, 0.3) is 0 Å². The topological polar surface area (TPSA) is 66.9 Å². The van der Waals surface area contributed by atoms with Crippen molar-refractivity contribution in [2.75, 3.05) is 30.3 Å². The lowest BCUT2D eigenvalue weighted by atomic mass is 10.1. The first-order valence-electron chi connectivity index (χ1n) is 11.0. The second kappa shape index (κ2) is 11.3. The van der Waals surface area contributed by atoms with Crippen molar-refractivity contribution in [1.82, 2.24) is 4.90 Å². The van der Waals surface area contributed by atoms with Gasteiger partial charge in [0.15, 0.2) is 0 Å². The first-order chi connectivity index (χ1) is 15.1. The number of anilines is 1. The molecule has 0 unspecified atom stereocenters. The van der Waals surface area contributed by atoms with E-state index in [1.54, 1.807) is 18.2 Å². The minimum absolute atomic E-state index is 0.0171. The van der Waals surface area contributed by atoms with Crippen molar-refractivity contribution < 1.29 is 21.8 Å². The number of carbonyl (C=O) groups is 1. The zero-order chi connectivity index (χ0) is 23.9. The van der Waals surface area contributed by atoms with Gasteiger partial charge in [0.05, 0.1) is 11.3 Å². The Labute approximate surface area is 191 Å². The lowest BCUT2D eigenvalue weighted by Crippen LogP contribution is -2.34. The summed E-state index contributed by atoms with van der Waals surface area (Å²) >= 11 is 0. The van der Waals surface area contributed by atoms with E-state index in [9.17, 15) is 17.6 Å². The van der Waals surface area contributed by atoms with Gasteiger partial charge in [-0.1, -0.05) is 32.0 Å². The van der Waals surface area contributed by atoms with Crippen LogP contribution in [0.4, 0.5) is 10.1 Å². The van der Waals surface area contributed by atoms with Crippen molar-refractivity contribution in [1.29, 1.82) is 0 Å². The van der Waals surface area contributed by atoms with Crippen molar-refractivity contribution in [3.63, 3.8) is 0 Å². The zero-order valence-corrected chi connectivity index (χ0v) is 20.3. The largest absolute Gasteiger partial charge is 0.382 e. The standard InChI is InChI=1S/C24H33FN2O4S/c1-6-26(7-2)20-14-13-19(23(15-20)31-32(29,30)8-3)17-27(16-18(4)5)24(28)21-11-9-10-12-22(21)25/h9-15,18H,6-8,16-17H2,1-5H3. The molecular weight excluding hydrogens is 431 g/mol. The van der Waals surface area contributed by atoms with E-state index >= 15 is 0 Å². The fraction of sp³-hybridized carbons (Fsp3) is 0.458. The Morgan fingerprint density at radius 3 is 2.28 bits per heavy atom. The molecule has 6 nitrogen and oxygen atoms in total. The Morgan fingerprint density at radius 1 is 1.06 bits per heavy atom. The Hall–Kier alpha value is -2.61. The van der Waals surface area contributed by atoms with Crippen LogP contribution in [0.5, 0.6) is 5.75 Å². The van der Waals surface area contributed by atoms with E-state index in [0.29, 0.717) is 12.1 Å². The van der Waals surface area contributed by atoms with E-state index in [1.165, 1.54) is 30.0 Å². The van der Waals surface area contributed by atoms with E-state index in [1.807, 2.05) is 33.8 Å². The number of nitrogens with zero attached hydrogens (tertiary/aromatic N) is 2. The molecule has 2 rings (SSSR count). The first kappa shape index (κ1) is 25.6. The number of rotatable bonds is 11. The van der Waals surface area contributed by atoms with Gasteiger partial charge in [0.2, 0.25) is 0 Å². The molecule has 2 aromatic rings. The van der Waals surface area contributed by atoms with Crippen LogP contribution < -0.4 is 9.08 Å². The van der Waals surface area contributed by atoms with Crippen molar-refractivity contribution in [3.05, 3.63) is 59.4 Å². The summed E-state index contributed by atoms with van der Waals surface area (Å²) in [6.45, 7) is 11.4. The van der Waals surface area contributed by atoms with Gasteiger partial charge in [-0.25, -0.2) is 4.39 Å². The summed E-state index contributed by atoms with van der Waals surface area (Å²) in [6.07, 6.45) is 0. The fourth-order valence-corrected chi connectivity index (χ4v) is 3.95. The third kappa shape index (κ3) is 6.69. The first-order valence-corrected chi connectivity index (χ1v) is 12.5. The molecule has 0 fully saturated rings. The summed E-state index contributed by atoms with van der Waals surface area (Å²) in [4.78, 5) is 16.7. The van der Waals surface area contributed by atoms with E-state index in [4.69, 9.17) is 4.18 Å². The van der Waals surface area contributed by atoms with Gasteiger partial charge >= 0.3 is 10.1 Å². The minimum atomic E-state index is -3.77. The molecule has 1 amide bonds. The third-order valence-electron chi connectivity index (χ3n) is 5.09. The molecule has 0 spiro atoms. The number of hydrogen-bond acceptors (Lipinski definition) is 5. The molecule has 0 heterocycles.